The van der Waals surface area contributed by atoms with Crippen molar-refractivity contribution in [1.82, 2.24) is 31.2 Å². The van der Waals surface area contributed by atoms with Gasteiger partial charge in [-0.25, -0.2) is 19.6 Å². The predicted molar refractivity (Wildman–Crippen MR) is 248 cm³/mol. The van der Waals surface area contributed by atoms with Crippen LogP contribution in [0.5, 0.6) is 0 Å². The van der Waals surface area contributed by atoms with Crippen LogP contribution in [0.15, 0.2) is 42.5 Å². The Morgan fingerprint density at radius 1 is 0.797 bits per heavy atom. The Morgan fingerprint density at radius 2 is 1.45 bits per heavy atom. The summed E-state index contributed by atoms with van der Waals surface area (Å²) in [6.07, 6.45) is -0.315. The second-order valence-electron chi connectivity index (χ2n) is 16.2. The summed E-state index contributed by atoms with van der Waals surface area (Å²) in [7, 11) is 0. The Kier molecular flexibility index (Phi) is 22.7. The number of rotatable bonds is 27. The quantitative estimate of drug-likeness (QED) is 0.0425. The van der Waals surface area contributed by atoms with Crippen LogP contribution < -0.4 is 32.3 Å². The fourth-order valence-corrected chi connectivity index (χ4v) is 6.87. The summed E-state index contributed by atoms with van der Waals surface area (Å²) in [4.78, 5) is 97.3. The normalized spacial score (nSPS) is 12.2. The summed E-state index contributed by atoms with van der Waals surface area (Å²) < 4.78 is 16.3. The minimum absolute atomic E-state index is 0.0114. The highest BCUT2D eigenvalue weighted by molar-refractivity contribution is 9.09. The number of nitrogens with zero attached hydrogens (tertiary/aromatic N) is 2. The van der Waals surface area contributed by atoms with Crippen LogP contribution in [0.2, 0.25) is 0 Å². The number of primary amides is 1. The van der Waals surface area contributed by atoms with E-state index in [9.17, 15) is 33.6 Å². The molecule has 0 aliphatic rings. The number of fused-ring (bicyclic) bond motifs is 1. The Balaban J connectivity index is 1.41. The van der Waals surface area contributed by atoms with Gasteiger partial charge in [0.05, 0.1) is 61.4 Å². The zero-order valence-corrected chi connectivity index (χ0v) is 40.2. The Bertz CT molecular complexity index is 2060. The molecule has 1 heterocycles. The van der Waals surface area contributed by atoms with Gasteiger partial charge in [0.25, 0.3) is 5.91 Å². The van der Waals surface area contributed by atoms with Crippen LogP contribution in [0.25, 0.3) is 11.0 Å². The van der Waals surface area contributed by atoms with Gasteiger partial charge in [-0.3, -0.25) is 24.0 Å². The molecule has 18 nitrogen and oxygen atoms in total. The smallest absolute Gasteiger partial charge is 0.407 e. The lowest BCUT2D eigenvalue weighted by Gasteiger charge is -2.24. The number of nitrogens with two attached hydrogens (primary N) is 1. The van der Waals surface area contributed by atoms with Crippen molar-refractivity contribution in [3.8, 4) is 0 Å². The molecule has 2 atom stereocenters. The van der Waals surface area contributed by atoms with E-state index in [1.807, 2.05) is 0 Å². The SMILES string of the molecule is CC(C)[C@H](NC(=O)CCOCCOCCNC(=O)c1ccc2nc(CBr)c(CBr)nc2c1)C(=O)C[C@@H](CCCNC(N)=O)C(=O)Nc1ccc(COC(=O)NCC(=O)C(C)(C)C)cc1. The molecular formula is C44H60Br2N8O10. The molecule has 0 aliphatic carbocycles. The lowest BCUT2D eigenvalue weighted by Crippen LogP contribution is -2.45. The van der Waals surface area contributed by atoms with Crippen molar-refractivity contribution in [1.29, 1.82) is 0 Å². The minimum atomic E-state index is -0.866. The first-order valence-electron chi connectivity index (χ1n) is 21.0. The first kappa shape index (κ1) is 53.3. The van der Waals surface area contributed by atoms with E-state index in [2.05, 4.69) is 68.4 Å². The van der Waals surface area contributed by atoms with Crippen LogP contribution in [0.4, 0.5) is 15.3 Å². The van der Waals surface area contributed by atoms with E-state index in [-0.39, 0.29) is 95.3 Å². The van der Waals surface area contributed by atoms with Gasteiger partial charge in [0.15, 0.2) is 11.6 Å². The van der Waals surface area contributed by atoms with Crippen molar-refractivity contribution in [2.75, 3.05) is 51.4 Å². The number of carbonyl (C=O) groups excluding carboxylic acids is 7. The number of hydrogen-bond acceptors (Lipinski definition) is 12. The maximum Gasteiger partial charge on any atom is 0.407 e. The second kappa shape index (κ2) is 27.3. The third-order valence-electron chi connectivity index (χ3n) is 9.71. The summed E-state index contributed by atoms with van der Waals surface area (Å²) in [5.41, 5.74) is 9.07. The number of alkyl carbamates (subject to hydrolysis) is 1. The largest absolute Gasteiger partial charge is 0.445 e. The fraction of sp³-hybridized carbons (Fsp3) is 0.523. The summed E-state index contributed by atoms with van der Waals surface area (Å²) in [6, 6.07) is 10.2. The van der Waals surface area contributed by atoms with Gasteiger partial charge in [0, 0.05) is 59.2 Å². The van der Waals surface area contributed by atoms with Gasteiger partial charge in [0.1, 0.15) is 6.61 Å². The lowest BCUT2D eigenvalue weighted by molar-refractivity contribution is -0.131. The molecule has 0 aliphatic heterocycles. The number of anilines is 1. The van der Waals surface area contributed by atoms with Gasteiger partial charge in [0.2, 0.25) is 11.8 Å². The molecule has 64 heavy (non-hydrogen) atoms. The van der Waals surface area contributed by atoms with Crippen LogP contribution in [-0.4, -0.2) is 103 Å². The van der Waals surface area contributed by atoms with Crippen LogP contribution in [0, 0.1) is 17.3 Å². The lowest BCUT2D eigenvalue weighted by atomic mass is 9.89. The monoisotopic (exact) mass is 1020 g/mol. The maximum absolute atomic E-state index is 13.6. The molecule has 0 unspecified atom stereocenters. The molecule has 7 N–H and O–H groups in total. The molecule has 0 bridgehead atoms. The minimum Gasteiger partial charge on any atom is -0.445 e. The van der Waals surface area contributed by atoms with E-state index in [4.69, 9.17) is 19.9 Å². The molecule has 20 heteroatoms. The molecule has 350 valence electrons. The number of ether oxygens (including phenoxy) is 3. The van der Waals surface area contributed by atoms with Crippen LogP contribution in [0.3, 0.4) is 0 Å². The van der Waals surface area contributed by atoms with Gasteiger partial charge < -0.3 is 46.5 Å². The number of alkyl halides is 2. The summed E-state index contributed by atoms with van der Waals surface area (Å²) >= 11 is 6.85. The molecule has 0 saturated carbocycles. The van der Waals surface area contributed by atoms with E-state index >= 15 is 0 Å². The highest BCUT2D eigenvalue weighted by atomic mass is 79.9. The van der Waals surface area contributed by atoms with E-state index in [1.165, 1.54) is 0 Å². The molecular weight excluding hydrogens is 960 g/mol. The number of urea groups is 1. The molecule has 1 aromatic heterocycles. The summed E-state index contributed by atoms with van der Waals surface area (Å²) in [6.45, 7) is 9.88. The maximum atomic E-state index is 13.6. The molecule has 0 saturated heterocycles. The molecule has 6 amide bonds. The van der Waals surface area contributed by atoms with E-state index < -0.39 is 41.3 Å². The van der Waals surface area contributed by atoms with Crippen LogP contribution in [0.1, 0.15) is 87.6 Å². The highest BCUT2D eigenvalue weighted by Gasteiger charge is 2.29. The Hall–Kier alpha value is -5.05. The first-order chi connectivity index (χ1) is 30.4. The number of halogens is 2. The van der Waals surface area contributed by atoms with E-state index in [0.717, 1.165) is 11.4 Å². The standard InChI is InChI=1S/C44H60Br2N8O10/c1-27(2)39(54-38(57)14-17-62-19-20-63-18-16-48-40(58)30-10-13-32-33(21-30)53-35(24-46)34(23-45)52-32)36(55)22-29(7-6-15-49-42(47)60)41(59)51-31-11-8-28(9-12-31)26-64-43(61)50-25-37(56)44(3,4)5/h8-13,21,27,29,39H,6-7,14-20,22-26H2,1-5H3,(H,48,58)(H,50,61)(H,51,59)(H,54,57)(H3,47,49,60)/t29-,39+/m1/s1. The third-order valence-corrected chi connectivity index (χ3v) is 10.8. The number of benzene rings is 2. The Morgan fingerprint density at radius 3 is 2.08 bits per heavy atom. The average Bonchev–Trinajstić information content (AvgIpc) is 3.25. The van der Waals surface area contributed by atoms with Gasteiger partial charge in [-0.1, -0.05) is 78.6 Å². The average molecular weight is 1020 g/mol. The van der Waals surface area contributed by atoms with Crippen LogP contribution in [-0.2, 0) is 50.7 Å². The van der Waals surface area contributed by atoms with Crippen molar-refractivity contribution in [3.63, 3.8) is 0 Å². The van der Waals surface area contributed by atoms with Crippen molar-refractivity contribution in [3.05, 3.63) is 65.0 Å². The summed E-state index contributed by atoms with van der Waals surface area (Å²) in [5.74, 6) is -2.64. The van der Waals surface area contributed by atoms with Gasteiger partial charge in [-0.15, -0.1) is 0 Å². The van der Waals surface area contributed by atoms with Gasteiger partial charge in [-0.2, -0.15) is 0 Å². The van der Waals surface area contributed by atoms with Crippen molar-refractivity contribution in [2.45, 2.75) is 83.6 Å². The van der Waals surface area contributed by atoms with Crippen molar-refractivity contribution in [2.24, 2.45) is 23.0 Å². The Labute approximate surface area is 390 Å². The third kappa shape index (κ3) is 19.0. The zero-order valence-electron chi connectivity index (χ0n) is 37.0. The number of Topliss-reactive ketones (excluding diaryl/α,β-unsaturated/α-hetero) is 2. The predicted octanol–water partition coefficient (Wildman–Crippen LogP) is 5.22. The van der Waals surface area contributed by atoms with Gasteiger partial charge in [-0.05, 0) is 54.7 Å². The van der Waals surface area contributed by atoms with Crippen molar-refractivity contribution < 1.29 is 47.8 Å². The number of carbonyl (C=O) groups is 7. The van der Waals surface area contributed by atoms with Crippen LogP contribution >= 0.6 is 31.9 Å². The molecule has 0 spiro atoms. The number of amides is 6. The van der Waals surface area contributed by atoms with E-state index in [0.29, 0.717) is 44.9 Å². The van der Waals surface area contributed by atoms with Gasteiger partial charge >= 0.3 is 12.1 Å². The first-order valence-corrected chi connectivity index (χ1v) is 23.2. The molecule has 3 aromatic rings. The second-order valence-corrected chi connectivity index (χ2v) is 17.3. The molecule has 0 radical (unpaired) electrons. The molecule has 2 aromatic carbocycles. The molecule has 0 fully saturated rings. The van der Waals surface area contributed by atoms with E-state index in [1.54, 1.807) is 77.1 Å². The highest BCUT2D eigenvalue weighted by Crippen LogP contribution is 2.21. The number of nitrogens with one attached hydrogen (secondary N) is 5. The topological polar surface area (TPSA) is 259 Å². The molecule has 3 rings (SSSR count). The fourth-order valence-electron chi connectivity index (χ4n) is 5.97. The van der Waals surface area contributed by atoms with Crippen molar-refractivity contribution >= 4 is 90.0 Å². The number of hydrogen-bond donors (Lipinski definition) is 6. The number of aromatic nitrogens is 2. The summed E-state index contributed by atoms with van der Waals surface area (Å²) in [5, 5.41) is 14.5. The number of ketones is 2. The zero-order chi connectivity index (χ0) is 47.2.